The molecular formula is C14H19F2NO. The van der Waals surface area contributed by atoms with Crippen LogP contribution in [0.4, 0.5) is 8.78 Å². The summed E-state index contributed by atoms with van der Waals surface area (Å²) in [5, 5.41) is 12.6. The summed E-state index contributed by atoms with van der Waals surface area (Å²) in [5.41, 5.74) is 0.950. The SMILES string of the molecule is C[C@@H](N[C@H]1[C@H](O)CCCC1(F)F)c1ccccc1. The van der Waals surface area contributed by atoms with E-state index in [0.717, 1.165) is 5.56 Å². The summed E-state index contributed by atoms with van der Waals surface area (Å²) in [6.45, 7) is 1.84. The second-order valence-corrected chi connectivity index (χ2v) is 5.00. The van der Waals surface area contributed by atoms with Gasteiger partial charge in [0.1, 0.15) is 0 Å². The molecule has 1 saturated carbocycles. The van der Waals surface area contributed by atoms with Gasteiger partial charge in [-0.3, -0.25) is 5.32 Å². The van der Waals surface area contributed by atoms with Crippen LogP contribution in [0.2, 0.25) is 0 Å². The van der Waals surface area contributed by atoms with Crippen LogP contribution in [0.3, 0.4) is 0 Å². The molecule has 0 heterocycles. The number of aliphatic hydroxyl groups excluding tert-OH is 1. The number of hydrogen-bond acceptors (Lipinski definition) is 2. The van der Waals surface area contributed by atoms with Gasteiger partial charge in [-0.25, -0.2) is 8.78 Å². The van der Waals surface area contributed by atoms with E-state index in [-0.39, 0.29) is 12.5 Å². The lowest BCUT2D eigenvalue weighted by atomic mass is 9.88. The molecule has 100 valence electrons. The summed E-state index contributed by atoms with van der Waals surface area (Å²) in [7, 11) is 0. The Kier molecular flexibility index (Phi) is 3.97. The van der Waals surface area contributed by atoms with Gasteiger partial charge >= 0.3 is 0 Å². The largest absolute Gasteiger partial charge is 0.391 e. The Morgan fingerprint density at radius 2 is 2.00 bits per heavy atom. The van der Waals surface area contributed by atoms with Crippen molar-refractivity contribution in [1.82, 2.24) is 5.32 Å². The lowest BCUT2D eigenvalue weighted by Crippen LogP contribution is -2.55. The Hall–Kier alpha value is -1.00. The summed E-state index contributed by atoms with van der Waals surface area (Å²) in [6, 6.07) is 8.08. The van der Waals surface area contributed by atoms with Crippen molar-refractivity contribution in [2.75, 3.05) is 0 Å². The molecular weight excluding hydrogens is 236 g/mol. The van der Waals surface area contributed by atoms with E-state index in [1.165, 1.54) is 0 Å². The molecule has 0 aromatic heterocycles. The van der Waals surface area contributed by atoms with Gasteiger partial charge < -0.3 is 5.11 Å². The van der Waals surface area contributed by atoms with E-state index >= 15 is 0 Å². The van der Waals surface area contributed by atoms with E-state index in [9.17, 15) is 13.9 Å². The Morgan fingerprint density at radius 3 is 2.61 bits per heavy atom. The second-order valence-electron chi connectivity index (χ2n) is 5.00. The molecule has 2 rings (SSSR count). The minimum atomic E-state index is -2.83. The Morgan fingerprint density at radius 1 is 1.33 bits per heavy atom. The fourth-order valence-corrected chi connectivity index (χ4v) is 2.49. The molecule has 1 aromatic carbocycles. The normalized spacial score (nSPS) is 28.9. The van der Waals surface area contributed by atoms with Crippen LogP contribution in [0.1, 0.15) is 37.8 Å². The molecule has 0 amide bonds. The average molecular weight is 255 g/mol. The van der Waals surface area contributed by atoms with Crippen molar-refractivity contribution in [2.24, 2.45) is 0 Å². The summed E-state index contributed by atoms with van der Waals surface area (Å²) in [4.78, 5) is 0. The molecule has 1 aliphatic rings. The maximum absolute atomic E-state index is 13.8. The molecule has 0 radical (unpaired) electrons. The monoisotopic (exact) mass is 255 g/mol. The third kappa shape index (κ3) is 2.87. The van der Waals surface area contributed by atoms with E-state index in [2.05, 4.69) is 5.32 Å². The molecule has 0 spiro atoms. The minimum absolute atomic E-state index is 0.150. The summed E-state index contributed by atoms with van der Waals surface area (Å²) in [5.74, 6) is -2.83. The first-order valence-corrected chi connectivity index (χ1v) is 6.37. The van der Waals surface area contributed by atoms with Crippen molar-refractivity contribution in [1.29, 1.82) is 0 Å². The van der Waals surface area contributed by atoms with Crippen LogP contribution in [-0.2, 0) is 0 Å². The molecule has 0 aliphatic heterocycles. The number of alkyl halides is 2. The average Bonchev–Trinajstić information content (AvgIpc) is 2.34. The van der Waals surface area contributed by atoms with E-state index in [1.807, 2.05) is 37.3 Å². The van der Waals surface area contributed by atoms with Crippen molar-refractivity contribution in [2.45, 2.75) is 50.3 Å². The molecule has 0 saturated heterocycles. The highest BCUT2D eigenvalue weighted by molar-refractivity contribution is 5.18. The van der Waals surface area contributed by atoms with Crippen LogP contribution >= 0.6 is 0 Å². The maximum Gasteiger partial charge on any atom is 0.265 e. The molecule has 0 unspecified atom stereocenters. The van der Waals surface area contributed by atoms with Crippen molar-refractivity contribution in [3.63, 3.8) is 0 Å². The lowest BCUT2D eigenvalue weighted by Gasteiger charge is -2.37. The number of rotatable bonds is 3. The van der Waals surface area contributed by atoms with Crippen LogP contribution in [0.15, 0.2) is 30.3 Å². The van der Waals surface area contributed by atoms with Crippen LogP contribution in [0, 0.1) is 0 Å². The first-order chi connectivity index (χ1) is 8.50. The van der Waals surface area contributed by atoms with Gasteiger partial charge in [-0.15, -0.1) is 0 Å². The van der Waals surface area contributed by atoms with Crippen LogP contribution in [0.5, 0.6) is 0 Å². The molecule has 1 aliphatic carbocycles. The number of benzene rings is 1. The fourth-order valence-electron chi connectivity index (χ4n) is 2.49. The quantitative estimate of drug-likeness (QED) is 0.870. The van der Waals surface area contributed by atoms with E-state index < -0.39 is 18.1 Å². The van der Waals surface area contributed by atoms with Crippen molar-refractivity contribution in [3.8, 4) is 0 Å². The molecule has 2 nitrogen and oxygen atoms in total. The van der Waals surface area contributed by atoms with Gasteiger partial charge in [-0.05, 0) is 25.3 Å². The zero-order valence-corrected chi connectivity index (χ0v) is 10.4. The second kappa shape index (κ2) is 5.33. The van der Waals surface area contributed by atoms with Gasteiger partial charge in [0.25, 0.3) is 5.92 Å². The van der Waals surface area contributed by atoms with Gasteiger partial charge in [-0.2, -0.15) is 0 Å². The molecule has 1 fully saturated rings. The Balaban J connectivity index is 2.07. The van der Waals surface area contributed by atoms with Crippen molar-refractivity contribution < 1.29 is 13.9 Å². The third-order valence-corrected chi connectivity index (χ3v) is 3.58. The molecule has 1 aromatic rings. The topological polar surface area (TPSA) is 32.3 Å². The van der Waals surface area contributed by atoms with E-state index in [1.54, 1.807) is 0 Å². The number of nitrogens with one attached hydrogen (secondary N) is 1. The standard InChI is InChI=1S/C14H19F2NO/c1-10(11-6-3-2-4-7-11)17-13-12(18)8-5-9-14(13,15)16/h2-4,6-7,10,12-13,17-18H,5,8-9H2,1H3/t10-,12-,13+/m1/s1. The summed E-state index contributed by atoms with van der Waals surface area (Å²) in [6.07, 6.45) is -0.302. The van der Waals surface area contributed by atoms with Crippen molar-refractivity contribution >= 4 is 0 Å². The highest BCUT2D eigenvalue weighted by atomic mass is 19.3. The highest BCUT2D eigenvalue weighted by Gasteiger charge is 2.46. The van der Waals surface area contributed by atoms with Crippen LogP contribution in [-0.4, -0.2) is 23.2 Å². The van der Waals surface area contributed by atoms with Gasteiger partial charge in [0.2, 0.25) is 0 Å². The zero-order valence-electron chi connectivity index (χ0n) is 10.4. The maximum atomic E-state index is 13.8. The zero-order chi connectivity index (χ0) is 13.2. The molecule has 0 bridgehead atoms. The van der Waals surface area contributed by atoms with Gasteiger partial charge in [-0.1, -0.05) is 30.3 Å². The number of aliphatic hydroxyl groups is 1. The highest BCUT2D eigenvalue weighted by Crippen LogP contribution is 2.35. The molecule has 3 atom stereocenters. The Labute approximate surface area is 106 Å². The third-order valence-electron chi connectivity index (χ3n) is 3.58. The van der Waals surface area contributed by atoms with Crippen LogP contribution in [0.25, 0.3) is 0 Å². The van der Waals surface area contributed by atoms with Gasteiger partial charge in [0.15, 0.2) is 0 Å². The van der Waals surface area contributed by atoms with Gasteiger partial charge in [0.05, 0.1) is 12.1 Å². The number of halogens is 2. The predicted molar refractivity (Wildman–Crippen MR) is 66.6 cm³/mol. The number of hydrogen-bond donors (Lipinski definition) is 2. The fraction of sp³-hybridized carbons (Fsp3) is 0.571. The van der Waals surface area contributed by atoms with E-state index in [0.29, 0.717) is 12.8 Å². The van der Waals surface area contributed by atoms with E-state index in [4.69, 9.17) is 0 Å². The van der Waals surface area contributed by atoms with Gasteiger partial charge in [0, 0.05) is 12.5 Å². The minimum Gasteiger partial charge on any atom is -0.391 e. The molecule has 2 N–H and O–H groups in total. The predicted octanol–water partition coefficient (Wildman–Crippen LogP) is 2.89. The smallest absolute Gasteiger partial charge is 0.265 e. The molecule has 18 heavy (non-hydrogen) atoms. The molecule has 4 heteroatoms. The summed E-state index contributed by atoms with van der Waals surface area (Å²) >= 11 is 0. The lowest BCUT2D eigenvalue weighted by molar-refractivity contribution is -0.111. The first-order valence-electron chi connectivity index (χ1n) is 6.37. The van der Waals surface area contributed by atoms with Crippen molar-refractivity contribution in [3.05, 3.63) is 35.9 Å². The summed E-state index contributed by atoms with van der Waals surface area (Å²) < 4.78 is 27.5. The first kappa shape index (κ1) is 13.4. The Bertz CT molecular complexity index is 383. The van der Waals surface area contributed by atoms with Crippen LogP contribution < -0.4 is 5.32 Å².